The lowest BCUT2D eigenvalue weighted by Gasteiger charge is -2.42. The minimum atomic E-state index is -0.784. The number of nitro benzene ring substituents is 2. The van der Waals surface area contributed by atoms with E-state index in [2.05, 4.69) is 71.9 Å². The van der Waals surface area contributed by atoms with E-state index >= 15 is 0 Å². The highest BCUT2D eigenvalue weighted by Crippen LogP contribution is 2.58. The Morgan fingerprint density at radius 1 is 1.00 bits per heavy atom. The summed E-state index contributed by atoms with van der Waals surface area (Å²) in [5, 5.41) is 22.5. The van der Waals surface area contributed by atoms with Gasteiger partial charge in [-0.05, 0) is 91.6 Å². The zero-order valence-electron chi connectivity index (χ0n) is 26.4. The van der Waals surface area contributed by atoms with Crippen molar-refractivity contribution in [2.24, 2.45) is 35.0 Å². The molecule has 4 rings (SSSR count). The van der Waals surface area contributed by atoms with E-state index in [0.29, 0.717) is 42.4 Å². The fourth-order valence-electron chi connectivity index (χ4n) is 7.33. The molecule has 0 unspecified atom stereocenters. The SMILES string of the molecule is CC1=C(/C=C\C2=CCC[C@]3(C)[C@@H]([C@H](C)/C=C/[C@H](C)C(C)C)CC[C@@H]23)C[C@@H](OC(=O)c2cc([N+](=O)[O-])cc([N+](=O)[O-])c2)CC1. The maximum Gasteiger partial charge on any atom is 0.338 e. The Morgan fingerprint density at radius 3 is 2.30 bits per heavy atom. The summed E-state index contributed by atoms with van der Waals surface area (Å²) < 4.78 is 5.72. The molecule has 0 aliphatic heterocycles. The number of rotatable bonds is 10. The first kappa shape index (κ1) is 32.4. The minimum Gasteiger partial charge on any atom is -0.458 e. The Morgan fingerprint density at radius 2 is 1.67 bits per heavy atom. The lowest BCUT2D eigenvalue weighted by atomic mass is 9.62. The van der Waals surface area contributed by atoms with Crippen LogP contribution in [-0.4, -0.2) is 21.9 Å². The largest absolute Gasteiger partial charge is 0.458 e. The van der Waals surface area contributed by atoms with Crippen LogP contribution in [0, 0.1) is 55.2 Å². The first-order valence-corrected chi connectivity index (χ1v) is 15.7. The molecule has 8 heteroatoms. The summed E-state index contributed by atoms with van der Waals surface area (Å²) in [6.07, 6.45) is 18.0. The lowest BCUT2D eigenvalue weighted by Crippen LogP contribution is -2.34. The maximum absolute atomic E-state index is 12.9. The van der Waals surface area contributed by atoms with E-state index in [-0.39, 0.29) is 11.0 Å². The molecule has 1 aromatic rings. The van der Waals surface area contributed by atoms with E-state index in [1.165, 1.54) is 30.4 Å². The molecular weight excluding hydrogens is 544 g/mol. The molecule has 0 heterocycles. The summed E-state index contributed by atoms with van der Waals surface area (Å²) in [6, 6.07) is 2.90. The molecule has 6 atom stereocenters. The minimum absolute atomic E-state index is 0.186. The Balaban J connectivity index is 1.44. The monoisotopic (exact) mass is 590 g/mol. The zero-order valence-corrected chi connectivity index (χ0v) is 26.4. The van der Waals surface area contributed by atoms with E-state index in [1.54, 1.807) is 0 Å². The Bertz CT molecular complexity index is 1340. The molecule has 0 aromatic heterocycles. The van der Waals surface area contributed by atoms with Crippen molar-refractivity contribution >= 4 is 17.3 Å². The summed E-state index contributed by atoms with van der Waals surface area (Å²) in [5.41, 5.74) is 2.87. The number of nitro groups is 2. The molecule has 3 aliphatic rings. The van der Waals surface area contributed by atoms with Crippen molar-refractivity contribution in [1.82, 2.24) is 0 Å². The smallest absolute Gasteiger partial charge is 0.338 e. The van der Waals surface area contributed by atoms with E-state index in [4.69, 9.17) is 4.74 Å². The Hall–Kier alpha value is -3.55. The fraction of sp³-hybridized carbons (Fsp3) is 0.571. The number of esters is 1. The third-order valence-electron chi connectivity index (χ3n) is 10.4. The molecule has 1 saturated carbocycles. The van der Waals surface area contributed by atoms with Crippen LogP contribution in [0.25, 0.3) is 0 Å². The van der Waals surface area contributed by atoms with Gasteiger partial charge in [0.15, 0.2) is 0 Å². The predicted octanol–water partition coefficient (Wildman–Crippen LogP) is 9.32. The number of nitrogens with zero attached hydrogens (tertiary/aromatic N) is 2. The molecular formula is C35H46N2O6. The van der Waals surface area contributed by atoms with Crippen LogP contribution >= 0.6 is 0 Å². The molecule has 232 valence electrons. The van der Waals surface area contributed by atoms with Gasteiger partial charge in [0.1, 0.15) is 6.10 Å². The van der Waals surface area contributed by atoms with Crippen molar-refractivity contribution in [3.05, 3.63) is 91.1 Å². The number of benzene rings is 1. The van der Waals surface area contributed by atoms with Gasteiger partial charge >= 0.3 is 5.97 Å². The third kappa shape index (κ3) is 7.34. The topological polar surface area (TPSA) is 113 Å². The summed E-state index contributed by atoms with van der Waals surface area (Å²) >= 11 is 0. The van der Waals surface area contributed by atoms with E-state index in [9.17, 15) is 25.0 Å². The molecule has 0 radical (unpaired) electrons. The number of carbonyl (C=O) groups is 1. The molecule has 0 amide bonds. The molecule has 0 N–H and O–H groups in total. The highest BCUT2D eigenvalue weighted by atomic mass is 16.6. The van der Waals surface area contributed by atoms with Gasteiger partial charge in [0.25, 0.3) is 11.4 Å². The summed E-state index contributed by atoms with van der Waals surface area (Å²) in [7, 11) is 0. The highest BCUT2D eigenvalue weighted by Gasteiger charge is 2.49. The van der Waals surface area contributed by atoms with Gasteiger partial charge in [-0.15, -0.1) is 0 Å². The molecule has 1 fully saturated rings. The van der Waals surface area contributed by atoms with Crippen molar-refractivity contribution in [3.8, 4) is 0 Å². The molecule has 8 nitrogen and oxygen atoms in total. The fourth-order valence-corrected chi connectivity index (χ4v) is 7.33. The van der Waals surface area contributed by atoms with Crippen LogP contribution in [-0.2, 0) is 4.74 Å². The Labute approximate surface area is 255 Å². The zero-order chi connectivity index (χ0) is 31.5. The average molecular weight is 591 g/mol. The van der Waals surface area contributed by atoms with Crippen LogP contribution in [0.2, 0.25) is 0 Å². The van der Waals surface area contributed by atoms with Gasteiger partial charge in [-0.2, -0.15) is 0 Å². The lowest BCUT2D eigenvalue weighted by molar-refractivity contribution is -0.394. The van der Waals surface area contributed by atoms with Crippen LogP contribution in [0.4, 0.5) is 11.4 Å². The quantitative estimate of drug-likeness (QED) is 0.116. The van der Waals surface area contributed by atoms with Gasteiger partial charge in [0.2, 0.25) is 0 Å². The number of ether oxygens (including phenoxy) is 1. The molecule has 1 aromatic carbocycles. The van der Waals surface area contributed by atoms with Gasteiger partial charge in [0, 0.05) is 18.6 Å². The first-order valence-electron chi connectivity index (χ1n) is 15.7. The number of fused-ring (bicyclic) bond motifs is 1. The number of carbonyl (C=O) groups excluding carboxylic acids is 1. The molecule has 3 aliphatic carbocycles. The molecule has 0 spiro atoms. The van der Waals surface area contributed by atoms with E-state index in [0.717, 1.165) is 36.6 Å². The number of non-ortho nitro benzene ring substituents is 2. The first-order chi connectivity index (χ1) is 20.3. The second-order valence-corrected chi connectivity index (χ2v) is 13.5. The van der Waals surface area contributed by atoms with Crippen molar-refractivity contribution in [3.63, 3.8) is 0 Å². The van der Waals surface area contributed by atoms with Crippen molar-refractivity contribution in [2.45, 2.75) is 92.6 Å². The maximum atomic E-state index is 12.9. The van der Waals surface area contributed by atoms with E-state index in [1.807, 2.05) is 0 Å². The summed E-state index contributed by atoms with van der Waals surface area (Å²) in [4.78, 5) is 33.9. The Kier molecular flexibility index (Phi) is 10.1. The van der Waals surface area contributed by atoms with Gasteiger partial charge in [-0.1, -0.05) is 70.6 Å². The van der Waals surface area contributed by atoms with Gasteiger partial charge in [-0.3, -0.25) is 20.2 Å². The molecule has 0 saturated heterocycles. The molecule has 0 bridgehead atoms. The average Bonchev–Trinajstić information content (AvgIpc) is 3.33. The normalized spacial score (nSPS) is 27.3. The standard InChI is InChI=1S/C35H46N2O6/c1-22(2)23(3)9-10-25(5)32-15-16-33-26(8-7-17-35(32,33)6)12-13-27-20-31(14-11-24(27)4)43-34(38)28-18-29(36(39)40)21-30(19-28)37(41)42/h8-10,12-13,18-19,21-23,25,31-33H,7,11,14-17,20H2,1-6H3/b10-9+,13-12-/t23-,25+,31-,32+,33-,35+/m0/s1. The molecule has 43 heavy (non-hydrogen) atoms. The van der Waals surface area contributed by atoms with Crippen LogP contribution in [0.1, 0.15) is 96.8 Å². The highest BCUT2D eigenvalue weighted by molar-refractivity contribution is 5.91. The number of hydrogen-bond donors (Lipinski definition) is 0. The number of allylic oxidation sites excluding steroid dienone is 7. The van der Waals surface area contributed by atoms with Crippen LogP contribution in [0.5, 0.6) is 0 Å². The second kappa shape index (κ2) is 13.4. The van der Waals surface area contributed by atoms with E-state index < -0.39 is 33.3 Å². The third-order valence-corrected chi connectivity index (χ3v) is 10.4. The van der Waals surface area contributed by atoms with Crippen molar-refractivity contribution < 1.29 is 19.4 Å². The van der Waals surface area contributed by atoms with Gasteiger partial charge in [0.05, 0.1) is 21.5 Å². The van der Waals surface area contributed by atoms with Crippen LogP contribution < -0.4 is 0 Å². The summed E-state index contributed by atoms with van der Waals surface area (Å²) in [5.74, 6) is 2.18. The van der Waals surface area contributed by atoms with Crippen LogP contribution in [0.3, 0.4) is 0 Å². The van der Waals surface area contributed by atoms with Crippen LogP contribution in [0.15, 0.2) is 65.3 Å². The van der Waals surface area contributed by atoms with Crippen molar-refractivity contribution in [1.29, 1.82) is 0 Å². The summed E-state index contributed by atoms with van der Waals surface area (Å²) in [6.45, 7) is 13.8. The number of hydrogen-bond acceptors (Lipinski definition) is 6. The van der Waals surface area contributed by atoms with Gasteiger partial charge < -0.3 is 4.74 Å². The second-order valence-electron chi connectivity index (χ2n) is 13.5. The van der Waals surface area contributed by atoms with Crippen molar-refractivity contribution in [2.75, 3.05) is 0 Å². The van der Waals surface area contributed by atoms with Gasteiger partial charge in [-0.25, -0.2) is 4.79 Å². The predicted molar refractivity (Wildman–Crippen MR) is 169 cm³/mol.